The van der Waals surface area contributed by atoms with Crippen LogP contribution >= 0.6 is 0 Å². The lowest BCUT2D eigenvalue weighted by Gasteiger charge is -2.19. The van der Waals surface area contributed by atoms with Gasteiger partial charge in [0.2, 0.25) is 0 Å². The van der Waals surface area contributed by atoms with Crippen LogP contribution in [0.3, 0.4) is 0 Å². The Kier molecular flexibility index (Phi) is 4.77. The van der Waals surface area contributed by atoms with Crippen molar-refractivity contribution in [3.8, 4) is 5.75 Å². The molecule has 3 atom stereocenters. The average Bonchev–Trinajstić information content (AvgIpc) is 2.28. The Morgan fingerprint density at radius 2 is 1.69 bits per heavy atom. The second-order valence-corrected chi connectivity index (χ2v) is 4.22. The minimum absolute atomic E-state index is 0.218. The van der Waals surface area contributed by atoms with Crippen LogP contribution < -0.4 is 4.74 Å². The number of benzene rings is 1. The van der Waals surface area contributed by atoms with E-state index in [1.165, 1.54) is 0 Å². The van der Waals surface area contributed by atoms with E-state index in [0.29, 0.717) is 6.42 Å². The molecule has 3 heteroatoms. The van der Waals surface area contributed by atoms with Crippen molar-refractivity contribution >= 4 is 0 Å². The van der Waals surface area contributed by atoms with Crippen LogP contribution in [0.5, 0.6) is 5.75 Å². The maximum atomic E-state index is 9.58. The molecule has 3 unspecified atom stereocenters. The van der Waals surface area contributed by atoms with Crippen LogP contribution in [0.25, 0.3) is 0 Å². The summed E-state index contributed by atoms with van der Waals surface area (Å²) in [6, 6.07) is 7.78. The van der Waals surface area contributed by atoms with Crippen molar-refractivity contribution in [1.82, 2.24) is 0 Å². The monoisotopic (exact) mass is 224 g/mol. The smallest absolute Gasteiger partial charge is 0.118 e. The molecular formula is C13H20O3. The molecule has 3 nitrogen and oxygen atoms in total. The highest BCUT2D eigenvalue weighted by Crippen LogP contribution is 2.23. The number of hydrogen-bond acceptors (Lipinski definition) is 3. The van der Waals surface area contributed by atoms with Crippen molar-refractivity contribution < 1.29 is 14.9 Å². The predicted molar refractivity (Wildman–Crippen MR) is 63.7 cm³/mol. The fourth-order valence-corrected chi connectivity index (χ4v) is 1.63. The third-order valence-corrected chi connectivity index (χ3v) is 2.84. The number of ether oxygens (including phenoxy) is 1. The van der Waals surface area contributed by atoms with E-state index in [4.69, 9.17) is 4.74 Å². The first kappa shape index (κ1) is 13.0. The van der Waals surface area contributed by atoms with Gasteiger partial charge in [0, 0.05) is 0 Å². The van der Waals surface area contributed by atoms with Crippen LogP contribution in [0, 0.1) is 0 Å². The van der Waals surface area contributed by atoms with Gasteiger partial charge in [-0.25, -0.2) is 0 Å². The first-order chi connectivity index (χ1) is 7.54. The van der Waals surface area contributed by atoms with Gasteiger partial charge in [-0.3, -0.25) is 0 Å². The molecule has 1 rings (SSSR count). The molecule has 0 fully saturated rings. The zero-order chi connectivity index (χ0) is 12.1. The Balaban J connectivity index is 2.62. The molecule has 2 N–H and O–H groups in total. The molecule has 0 saturated heterocycles. The molecule has 0 aliphatic rings. The van der Waals surface area contributed by atoms with E-state index in [9.17, 15) is 10.2 Å². The van der Waals surface area contributed by atoms with Crippen LogP contribution in [-0.4, -0.2) is 29.5 Å². The molecule has 0 heterocycles. The van der Waals surface area contributed by atoms with Gasteiger partial charge >= 0.3 is 0 Å². The standard InChI is InChI=1S/C13H20O3/c1-9(8-13(15)10(2)14)11-4-6-12(16-3)7-5-11/h4-7,9-10,13-15H,8H2,1-3H3. The van der Waals surface area contributed by atoms with E-state index in [2.05, 4.69) is 0 Å². The van der Waals surface area contributed by atoms with E-state index in [0.717, 1.165) is 11.3 Å². The Bertz CT molecular complexity index is 305. The minimum Gasteiger partial charge on any atom is -0.497 e. The summed E-state index contributed by atoms with van der Waals surface area (Å²) < 4.78 is 5.08. The van der Waals surface area contributed by atoms with Crippen LogP contribution in [0.4, 0.5) is 0 Å². The fraction of sp³-hybridized carbons (Fsp3) is 0.538. The lowest BCUT2D eigenvalue weighted by atomic mass is 9.93. The molecule has 1 aromatic carbocycles. The number of methoxy groups -OCH3 is 1. The largest absolute Gasteiger partial charge is 0.497 e. The molecule has 0 bridgehead atoms. The Morgan fingerprint density at radius 1 is 1.12 bits per heavy atom. The van der Waals surface area contributed by atoms with E-state index in [1.54, 1.807) is 14.0 Å². The van der Waals surface area contributed by atoms with Crippen molar-refractivity contribution in [2.24, 2.45) is 0 Å². The predicted octanol–water partition coefficient (Wildman–Crippen LogP) is 1.93. The molecule has 0 radical (unpaired) electrons. The van der Waals surface area contributed by atoms with Gasteiger partial charge in [-0.1, -0.05) is 19.1 Å². The zero-order valence-electron chi connectivity index (χ0n) is 10.1. The Morgan fingerprint density at radius 3 is 2.12 bits per heavy atom. The normalized spacial score (nSPS) is 16.6. The summed E-state index contributed by atoms with van der Waals surface area (Å²) in [6.45, 7) is 3.64. The number of hydrogen-bond donors (Lipinski definition) is 2. The number of aliphatic hydroxyl groups is 2. The van der Waals surface area contributed by atoms with E-state index < -0.39 is 12.2 Å². The van der Waals surface area contributed by atoms with Crippen molar-refractivity contribution in [1.29, 1.82) is 0 Å². The van der Waals surface area contributed by atoms with Crippen molar-refractivity contribution in [2.45, 2.75) is 38.4 Å². The van der Waals surface area contributed by atoms with Gasteiger partial charge in [0.25, 0.3) is 0 Å². The van der Waals surface area contributed by atoms with Crippen LogP contribution in [0.15, 0.2) is 24.3 Å². The molecule has 1 aromatic rings. The van der Waals surface area contributed by atoms with Gasteiger partial charge in [0.15, 0.2) is 0 Å². The Labute approximate surface area is 96.7 Å². The molecular weight excluding hydrogens is 204 g/mol. The number of rotatable bonds is 5. The highest BCUT2D eigenvalue weighted by molar-refractivity contribution is 5.29. The summed E-state index contributed by atoms with van der Waals surface area (Å²) in [5, 5.41) is 18.8. The Hall–Kier alpha value is -1.06. The highest BCUT2D eigenvalue weighted by atomic mass is 16.5. The van der Waals surface area contributed by atoms with Gasteiger partial charge in [-0.05, 0) is 37.0 Å². The summed E-state index contributed by atoms with van der Waals surface area (Å²) in [4.78, 5) is 0. The van der Waals surface area contributed by atoms with Crippen LogP contribution in [-0.2, 0) is 0 Å². The third kappa shape index (κ3) is 3.51. The quantitative estimate of drug-likeness (QED) is 0.803. The lowest BCUT2D eigenvalue weighted by molar-refractivity contribution is 0.0227. The van der Waals surface area contributed by atoms with Gasteiger partial charge in [-0.15, -0.1) is 0 Å². The second kappa shape index (κ2) is 5.87. The summed E-state index contributed by atoms with van der Waals surface area (Å²) in [5.74, 6) is 1.04. The topological polar surface area (TPSA) is 49.7 Å². The van der Waals surface area contributed by atoms with E-state index in [-0.39, 0.29) is 5.92 Å². The molecule has 0 aliphatic carbocycles. The first-order valence-corrected chi connectivity index (χ1v) is 5.54. The van der Waals surface area contributed by atoms with E-state index in [1.807, 2.05) is 31.2 Å². The molecule has 0 aromatic heterocycles. The van der Waals surface area contributed by atoms with Crippen molar-refractivity contribution in [3.05, 3.63) is 29.8 Å². The minimum atomic E-state index is -0.680. The van der Waals surface area contributed by atoms with Crippen LogP contribution in [0.2, 0.25) is 0 Å². The van der Waals surface area contributed by atoms with Crippen molar-refractivity contribution in [3.63, 3.8) is 0 Å². The SMILES string of the molecule is COc1ccc(C(C)CC(O)C(C)O)cc1. The third-order valence-electron chi connectivity index (χ3n) is 2.84. The van der Waals surface area contributed by atoms with Gasteiger partial charge in [-0.2, -0.15) is 0 Å². The summed E-state index contributed by atoms with van der Waals surface area (Å²) in [6.07, 6.45) is -0.790. The maximum absolute atomic E-state index is 9.58. The average molecular weight is 224 g/mol. The fourth-order valence-electron chi connectivity index (χ4n) is 1.63. The zero-order valence-corrected chi connectivity index (χ0v) is 10.1. The molecule has 16 heavy (non-hydrogen) atoms. The van der Waals surface area contributed by atoms with Gasteiger partial charge < -0.3 is 14.9 Å². The summed E-state index contributed by atoms with van der Waals surface area (Å²) in [5.41, 5.74) is 1.14. The first-order valence-electron chi connectivity index (χ1n) is 5.54. The lowest BCUT2D eigenvalue weighted by Crippen LogP contribution is -2.24. The second-order valence-electron chi connectivity index (χ2n) is 4.22. The van der Waals surface area contributed by atoms with Crippen molar-refractivity contribution in [2.75, 3.05) is 7.11 Å². The summed E-state index contributed by atoms with van der Waals surface area (Å²) >= 11 is 0. The molecule has 90 valence electrons. The molecule has 0 amide bonds. The highest BCUT2D eigenvalue weighted by Gasteiger charge is 2.16. The maximum Gasteiger partial charge on any atom is 0.118 e. The van der Waals surface area contributed by atoms with Gasteiger partial charge in [0.1, 0.15) is 5.75 Å². The number of aliphatic hydroxyl groups excluding tert-OH is 2. The molecule has 0 saturated carbocycles. The molecule has 0 aliphatic heterocycles. The van der Waals surface area contributed by atoms with E-state index >= 15 is 0 Å². The van der Waals surface area contributed by atoms with Crippen LogP contribution in [0.1, 0.15) is 31.7 Å². The summed E-state index contributed by atoms with van der Waals surface area (Å²) in [7, 11) is 1.63. The molecule has 0 spiro atoms. The van der Waals surface area contributed by atoms with Gasteiger partial charge in [0.05, 0.1) is 19.3 Å².